The maximum Gasteiger partial charge on any atom is 0.344 e. The van der Waals surface area contributed by atoms with E-state index in [4.69, 9.17) is 0 Å². The van der Waals surface area contributed by atoms with E-state index < -0.39 is 5.91 Å². The second-order valence-corrected chi connectivity index (χ2v) is 7.07. The molecule has 0 unspecified atom stereocenters. The molecule has 4 rings (SSSR count). The van der Waals surface area contributed by atoms with Crippen molar-refractivity contribution >= 4 is 29.0 Å². The third-order valence-corrected chi connectivity index (χ3v) is 4.82. The predicted molar refractivity (Wildman–Crippen MR) is 108 cm³/mol. The maximum absolute atomic E-state index is 12.8. The summed E-state index contributed by atoms with van der Waals surface area (Å²) < 4.78 is 1.16. The fourth-order valence-electron chi connectivity index (χ4n) is 2.53. The topological polar surface area (TPSA) is 122 Å². The van der Waals surface area contributed by atoms with Crippen LogP contribution in [-0.4, -0.2) is 60.9 Å². The Morgan fingerprint density at radius 1 is 1.28 bits per heavy atom. The monoisotopic (exact) mass is 408 g/mol. The maximum atomic E-state index is 12.8. The number of nitrogens with zero attached hydrogens (tertiary/aromatic N) is 6. The van der Waals surface area contributed by atoms with Gasteiger partial charge in [0.2, 0.25) is 0 Å². The molecule has 0 aliphatic carbocycles. The smallest absolute Gasteiger partial charge is 0.329 e. The van der Waals surface area contributed by atoms with Crippen LogP contribution in [0.2, 0.25) is 0 Å². The highest BCUT2D eigenvalue weighted by Gasteiger charge is 2.20. The Balaban J connectivity index is 1.65. The van der Waals surface area contributed by atoms with E-state index in [1.807, 2.05) is 0 Å². The average molecular weight is 408 g/mol. The Kier molecular flexibility index (Phi) is 4.87. The Morgan fingerprint density at radius 2 is 2.14 bits per heavy atom. The minimum absolute atomic E-state index is 0.254. The van der Waals surface area contributed by atoms with Crippen molar-refractivity contribution in [1.29, 1.82) is 0 Å². The highest BCUT2D eigenvalue weighted by Crippen LogP contribution is 2.27. The van der Waals surface area contributed by atoms with Crippen LogP contribution in [0.4, 0.5) is 10.5 Å². The summed E-state index contributed by atoms with van der Waals surface area (Å²) in [4.78, 5) is 35.1. The summed E-state index contributed by atoms with van der Waals surface area (Å²) in [6.45, 7) is 0. The second-order valence-electron chi connectivity index (χ2n) is 6.21. The molecule has 4 aromatic heterocycles. The van der Waals surface area contributed by atoms with Crippen LogP contribution >= 0.6 is 11.3 Å². The van der Waals surface area contributed by atoms with Gasteiger partial charge in [-0.2, -0.15) is 14.9 Å². The van der Waals surface area contributed by atoms with Crippen LogP contribution in [0.3, 0.4) is 0 Å². The lowest BCUT2D eigenvalue weighted by Gasteiger charge is -2.08. The molecule has 4 heterocycles. The molecular formula is C18H16N8O2S. The Bertz CT molecular complexity index is 1150. The number of thiazole rings is 1. The Labute approximate surface area is 169 Å². The van der Waals surface area contributed by atoms with Crippen molar-refractivity contribution in [3.8, 4) is 22.0 Å². The number of hydrogen-bond acceptors (Lipinski definition) is 7. The average Bonchev–Trinajstić information content (AvgIpc) is 3.47. The summed E-state index contributed by atoms with van der Waals surface area (Å²) in [6, 6.07) is 4.98. The van der Waals surface area contributed by atoms with E-state index >= 15 is 0 Å². The van der Waals surface area contributed by atoms with Crippen LogP contribution < -0.4 is 5.32 Å². The molecule has 0 saturated heterocycles. The van der Waals surface area contributed by atoms with Crippen LogP contribution in [0.1, 0.15) is 10.5 Å². The first-order valence-corrected chi connectivity index (χ1v) is 9.39. The standard InChI is InChI=1S/C18H16N8O2S/c1-25(2)18(28)26-9-13(15(24-26)12-5-3-4-6-19-12)22-16(27)14-10-29-17(23-14)11-7-20-21-8-11/h3-10H,1-2H3,(H,20,21)(H,22,27). The summed E-state index contributed by atoms with van der Waals surface area (Å²) >= 11 is 1.33. The first-order valence-electron chi connectivity index (χ1n) is 8.51. The largest absolute Gasteiger partial charge is 0.344 e. The molecule has 0 fully saturated rings. The molecule has 0 spiro atoms. The van der Waals surface area contributed by atoms with Crippen molar-refractivity contribution < 1.29 is 9.59 Å². The third kappa shape index (κ3) is 3.75. The molecule has 146 valence electrons. The molecule has 0 radical (unpaired) electrons. The van der Waals surface area contributed by atoms with Crippen molar-refractivity contribution in [3.63, 3.8) is 0 Å². The molecule has 0 atom stereocenters. The minimum atomic E-state index is -0.412. The van der Waals surface area contributed by atoms with Gasteiger partial charge in [0.25, 0.3) is 5.91 Å². The van der Waals surface area contributed by atoms with Crippen molar-refractivity contribution in [1.82, 2.24) is 34.8 Å². The van der Waals surface area contributed by atoms with Gasteiger partial charge in [-0.25, -0.2) is 9.78 Å². The van der Waals surface area contributed by atoms with Crippen molar-refractivity contribution in [3.05, 3.63) is 54.1 Å². The van der Waals surface area contributed by atoms with Crippen molar-refractivity contribution in [2.24, 2.45) is 0 Å². The van der Waals surface area contributed by atoms with Crippen molar-refractivity contribution in [2.75, 3.05) is 19.4 Å². The second kappa shape index (κ2) is 7.64. The van der Waals surface area contributed by atoms with Crippen LogP contribution in [0, 0.1) is 0 Å². The van der Waals surface area contributed by atoms with Gasteiger partial charge in [0.05, 0.1) is 23.8 Å². The van der Waals surface area contributed by atoms with Crippen LogP contribution in [-0.2, 0) is 0 Å². The lowest BCUT2D eigenvalue weighted by molar-refractivity contribution is 0.102. The summed E-state index contributed by atoms with van der Waals surface area (Å²) in [5, 5.41) is 16.0. The molecule has 0 aliphatic rings. The fourth-order valence-corrected chi connectivity index (χ4v) is 3.31. The van der Waals surface area contributed by atoms with Crippen LogP contribution in [0.5, 0.6) is 0 Å². The molecule has 2 amide bonds. The fraction of sp³-hybridized carbons (Fsp3) is 0.111. The van der Waals surface area contributed by atoms with Gasteiger partial charge in [-0.15, -0.1) is 11.3 Å². The van der Waals surface area contributed by atoms with E-state index in [0.717, 1.165) is 10.2 Å². The van der Waals surface area contributed by atoms with Gasteiger partial charge in [0, 0.05) is 37.4 Å². The summed E-state index contributed by atoms with van der Waals surface area (Å²) in [7, 11) is 3.24. The number of anilines is 1. The van der Waals surface area contributed by atoms with E-state index in [9.17, 15) is 9.59 Å². The Hall–Kier alpha value is -3.86. The normalized spacial score (nSPS) is 10.7. The molecule has 11 heteroatoms. The first kappa shape index (κ1) is 18.5. The van der Waals surface area contributed by atoms with E-state index in [2.05, 4.69) is 30.6 Å². The van der Waals surface area contributed by atoms with Gasteiger partial charge >= 0.3 is 6.03 Å². The molecular weight excluding hydrogens is 392 g/mol. The number of rotatable bonds is 4. The zero-order valence-electron chi connectivity index (χ0n) is 15.5. The van der Waals surface area contributed by atoms with Gasteiger partial charge in [0.15, 0.2) is 0 Å². The zero-order valence-corrected chi connectivity index (χ0v) is 16.3. The van der Waals surface area contributed by atoms with E-state index in [1.165, 1.54) is 22.4 Å². The number of hydrogen-bond donors (Lipinski definition) is 2. The van der Waals surface area contributed by atoms with Gasteiger partial charge in [-0.05, 0) is 12.1 Å². The minimum Gasteiger partial charge on any atom is -0.329 e. The molecule has 2 N–H and O–H groups in total. The number of aromatic amines is 1. The molecule has 0 bridgehead atoms. The van der Waals surface area contributed by atoms with Gasteiger partial charge in [0.1, 0.15) is 16.4 Å². The number of carbonyl (C=O) groups excluding carboxylic acids is 2. The summed E-state index contributed by atoms with van der Waals surface area (Å²) in [5.74, 6) is -0.412. The first-order chi connectivity index (χ1) is 14.0. The lowest BCUT2D eigenvalue weighted by atomic mass is 10.2. The Morgan fingerprint density at radius 3 is 2.83 bits per heavy atom. The molecule has 4 aromatic rings. The number of amides is 2. The molecule has 29 heavy (non-hydrogen) atoms. The van der Waals surface area contributed by atoms with Gasteiger partial charge in [-0.1, -0.05) is 6.07 Å². The van der Waals surface area contributed by atoms with Gasteiger partial charge in [-0.3, -0.25) is 14.9 Å². The van der Waals surface area contributed by atoms with Crippen LogP contribution in [0.15, 0.2) is 48.4 Å². The van der Waals surface area contributed by atoms with E-state index in [-0.39, 0.29) is 11.7 Å². The number of aromatic nitrogens is 6. The quantitative estimate of drug-likeness (QED) is 0.535. The number of carbonyl (C=O) groups is 2. The SMILES string of the molecule is CN(C)C(=O)n1cc(NC(=O)c2csc(-c3cn[nH]c3)n2)c(-c2ccccn2)n1. The van der Waals surface area contributed by atoms with Crippen molar-refractivity contribution in [2.45, 2.75) is 0 Å². The number of H-pyrrole nitrogens is 1. The predicted octanol–water partition coefficient (Wildman–Crippen LogP) is 2.57. The van der Waals surface area contributed by atoms with Gasteiger partial charge < -0.3 is 10.2 Å². The highest BCUT2D eigenvalue weighted by molar-refractivity contribution is 7.13. The zero-order chi connectivity index (χ0) is 20.4. The summed E-state index contributed by atoms with van der Waals surface area (Å²) in [5.41, 5.74) is 2.34. The van der Waals surface area contributed by atoms with Crippen LogP contribution in [0.25, 0.3) is 22.0 Å². The molecule has 10 nitrogen and oxygen atoms in total. The van der Waals surface area contributed by atoms with E-state index in [1.54, 1.807) is 56.3 Å². The number of nitrogens with one attached hydrogen (secondary N) is 2. The summed E-state index contributed by atoms with van der Waals surface area (Å²) in [6.07, 6.45) is 6.42. The van der Waals surface area contributed by atoms with E-state index in [0.29, 0.717) is 22.1 Å². The molecule has 0 aromatic carbocycles. The lowest BCUT2D eigenvalue weighted by Crippen LogP contribution is -2.27. The number of pyridine rings is 1. The molecule has 0 saturated carbocycles. The molecule has 0 aliphatic heterocycles. The third-order valence-electron chi connectivity index (χ3n) is 3.93. The highest BCUT2D eigenvalue weighted by atomic mass is 32.1.